The molecule has 2 rings (SSSR count). The molecule has 8 nitrogen and oxygen atoms in total. The van der Waals surface area contributed by atoms with Crippen molar-refractivity contribution >= 4 is 17.9 Å². The highest BCUT2D eigenvalue weighted by Gasteiger charge is 2.31. The Morgan fingerprint density at radius 1 is 1.16 bits per heavy atom. The third kappa shape index (κ3) is 6.42. The Balaban J connectivity index is 1.81. The van der Waals surface area contributed by atoms with E-state index in [0.717, 1.165) is 18.4 Å². The summed E-state index contributed by atoms with van der Waals surface area (Å²) in [4.78, 5) is 35.4. The lowest BCUT2D eigenvalue weighted by atomic mass is 10.1. The van der Waals surface area contributed by atoms with Gasteiger partial charge in [-0.3, -0.25) is 9.59 Å². The van der Waals surface area contributed by atoms with Crippen molar-refractivity contribution in [3.05, 3.63) is 35.9 Å². The molecule has 1 aliphatic rings. The molecule has 1 fully saturated rings. The fourth-order valence-electron chi connectivity index (χ4n) is 2.31. The molecular weight excluding hydrogens is 326 g/mol. The zero-order valence-electron chi connectivity index (χ0n) is 13.8. The minimum atomic E-state index is -1.22. The van der Waals surface area contributed by atoms with Crippen molar-refractivity contribution in [2.45, 2.75) is 38.0 Å². The van der Waals surface area contributed by atoms with Crippen molar-refractivity contribution in [3.8, 4) is 0 Å². The van der Waals surface area contributed by atoms with Crippen LogP contribution in [0.1, 0.15) is 24.8 Å². The maximum Gasteiger partial charge on any atom is 0.408 e. The molecule has 2 atom stereocenters. The topological polar surface area (TPSA) is 131 Å². The minimum absolute atomic E-state index is 0.0397. The zero-order chi connectivity index (χ0) is 18.2. The van der Waals surface area contributed by atoms with Crippen LogP contribution in [0, 0.1) is 5.92 Å². The van der Waals surface area contributed by atoms with Crippen LogP contribution in [-0.4, -0.2) is 41.7 Å². The molecular formula is C17H23N3O5. The molecule has 1 aromatic rings. The highest BCUT2D eigenvalue weighted by molar-refractivity contribution is 5.90. The largest absolute Gasteiger partial charge is 0.445 e. The van der Waals surface area contributed by atoms with Gasteiger partial charge in [-0.05, 0) is 17.9 Å². The van der Waals surface area contributed by atoms with E-state index in [9.17, 15) is 19.5 Å². The van der Waals surface area contributed by atoms with Crippen LogP contribution in [0.2, 0.25) is 0 Å². The number of hydrogen-bond donors (Lipinski definition) is 4. The Labute approximate surface area is 145 Å². The summed E-state index contributed by atoms with van der Waals surface area (Å²) in [6.45, 7) is -0.584. The third-order valence-corrected chi connectivity index (χ3v) is 3.93. The Morgan fingerprint density at radius 3 is 2.40 bits per heavy atom. The number of nitrogens with one attached hydrogen (secondary N) is 2. The van der Waals surface area contributed by atoms with Crippen molar-refractivity contribution in [1.29, 1.82) is 0 Å². The smallest absolute Gasteiger partial charge is 0.408 e. The van der Waals surface area contributed by atoms with Gasteiger partial charge in [0.2, 0.25) is 11.8 Å². The molecule has 8 heteroatoms. The number of alkyl carbamates (subject to hydrolysis) is 1. The highest BCUT2D eigenvalue weighted by Crippen LogP contribution is 2.33. The molecule has 0 aromatic heterocycles. The van der Waals surface area contributed by atoms with Gasteiger partial charge >= 0.3 is 6.09 Å². The van der Waals surface area contributed by atoms with Gasteiger partial charge < -0.3 is 26.2 Å². The van der Waals surface area contributed by atoms with Gasteiger partial charge in [0.25, 0.3) is 0 Å². The van der Waals surface area contributed by atoms with Crippen molar-refractivity contribution in [2.75, 3.05) is 6.61 Å². The van der Waals surface area contributed by atoms with Crippen LogP contribution < -0.4 is 16.4 Å². The Morgan fingerprint density at radius 2 is 1.84 bits per heavy atom. The van der Waals surface area contributed by atoms with E-state index in [1.807, 2.05) is 18.2 Å². The number of nitrogens with two attached hydrogens (primary N) is 1. The molecule has 0 saturated heterocycles. The van der Waals surface area contributed by atoms with Gasteiger partial charge in [0.1, 0.15) is 18.7 Å². The Kier molecular flexibility index (Phi) is 6.76. The van der Waals surface area contributed by atoms with E-state index in [2.05, 4.69) is 10.6 Å². The van der Waals surface area contributed by atoms with Crippen LogP contribution in [0.15, 0.2) is 30.3 Å². The van der Waals surface area contributed by atoms with Gasteiger partial charge in [0, 0.05) is 0 Å². The number of carbonyl (C=O) groups is 3. The predicted octanol–water partition coefficient (Wildman–Crippen LogP) is 0.0439. The molecule has 3 amide bonds. The molecule has 0 bridgehead atoms. The number of benzene rings is 1. The van der Waals surface area contributed by atoms with Crippen LogP contribution in [0.4, 0.5) is 4.79 Å². The monoisotopic (exact) mass is 349 g/mol. The van der Waals surface area contributed by atoms with Gasteiger partial charge in [-0.2, -0.15) is 0 Å². The summed E-state index contributed by atoms with van der Waals surface area (Å²) >= 11 is 0. The zero-order valence-corrected chi connectivity index (χ0v) is 13.8. The lowest BCUT2D eigenvalue weighted by Gasteiger charge is -2.20. The molecule has 0 heterocycles. The lowest BCUT2D eigenvalue weighted by molar-refractivity contribution is -0.129. The number of hydrogen-bond acceptors (Lipinski definition) is 5. The second-order valence-electron chi connectivity index (χ2n) is 6.08. The summed E-state index contributed by atoms with van der Waals surface area (Å²) < 4.78 is 5.00. The summed E-state index contributed by atoms with van der Waals surface area (Å²) in [6.07, 6.45) is 1.65. The van der Waals surface area contributed by atoms with E-state index in [1.54, 1.807) is 12.1 Å². The van der Waals surface area contributed by atoms with E-state index in [-0.39, 0.29) is 6.61 Å². The first kappa shape index (κ1) is 18.7. The maximum absolute atomic E-state index is 12.2. The molecule has 0 radical (unpaired) electrons. The van der Waals surface area contributed by atoms with Crippen molar-refractivity contribution < 1.29 is 24.2 Å². The second-order valence-corrected chi connectivity index (χ2v) is 6.08. The van der Waals surface area contributed by atoms with E-state index in [4.69, 9.17) is 10.5 Å². The second kappa shape index (κ2) is 9.03. The molecule has 0 unspecified atom stereocenters. The number of primary amides is 1. The number of aliphatic hydroxyl groups excluding tert-OH is 1. The molecule has 1 saturated carbocycles. The van der Waals surface area contributed by atoms with Crippen LogP contribution in [0.5, 0.6) is 0 Å². The minimum Gasteiger partial charge on any atom is -0.445 e. The van der Waals surface area contributed by atoms with Gasteiger partial charge in [0.05, 0.1) is 6.61 Å². The number of amides is 3. The van der Waals surface area contributed by atoms with Gasteiger partial charge in [0.15, 0.2) is 0 Å². The van der Waals surface area contributed by atoms with Gasteiger partial charge in [-0.25, -0.2) is 4.79 Å². The summed E-state index contributed by atoms with van der Waals surface area (Å²) in [5.41, 5.74) is 6.08. The Bertz CT molecular complexity index is 604. The quantitative estimate of drug-likeness (QED) is 0.500. The van der Waals surface area contributed by atoms with Crippen molar-refractivity contribution in [3.63, 3.8) is 0 Å². The lowest BCUT2D eigenvalue weighted by Crippen LogP contribution is -2.54. The Hall–Kier alpha value is -2.61. The summed E-state index contributed by atoms with van der Waals surface area (Å²) in [5, 5.41) is 14.1. The van der Waals surface area contributed by atoms with Crippen molar-refractivity contribution in [1.82, 2.24) is 10.6 Å². The fourth-order valence-corrected chi connectivity index (χ4v) is 2.31. The normalized spacial score (nSPS) is 15.7. The first-order valence-electron chi connectivity index (χ1n) is 8.17. The van der Waals surface area contributed by atoms with E-state index in [0.29, 0.717) is 12.3 Å². The van der Waals surface area contributed by atoms with Crippen molar-refractivity contribution in [2.24, 2.45) is 11.7 Å². The maximum atomic E-state index is 12.2. The number of carbonyl (C=O) groups excluding carboxylic acids is 3. The van der Waals surface area contributed by atoms with Crippen LogP contribution in [-0.2, 0) is 20.9 Å². The standard InChI is InChI=1S/C17H23N3O5/c18-15(22)13(8-11-6-7-11)19-16(23)14(9-21)20-17(24)25-10-12-4-2-1-3-5-12/h1-5,11,13-14,21H,6-10H2,(H2,18,22)(H,19,23)(H,20,24)/t13-,14+/m1/s1. The molecule has 0 aliphatic heterocycles. The number of aliphatic hydroxyl groups is 1. The molecule has 136 valence electrons. The fraction of sp³-hybridized carbons (Fsp3) is 0.471. The molecule has 25 heavy (non-hydrogen) atoms. The van der Waals surface area contributed by atoms with Crippen LogP contribution in [0.3, 0.4) is 0 Å². The summed E-state index contributed by atoms with van der Waals surface area (Å²) in [7, 11) is 0. The van der Waals surface area contributed by atoms with E-state index in [1.165, 1.54) is 0 Å². The number of ether oxygens (including phenoxy) is 1. The summed E-state index contributed by atoms with van der Waals surface area (Å²) in [5.74, 6) is -0.929. The first-order chi connectivity index (χ1) is 12.0. The van der Waals surface area contributed by atoms with Gasteiger partial charge in [-0.15, -0.1) is 0 Å². The van der Waals surface area contributed by atoms with Gasteiger partial charge in [-0.1, -0.05) is 43.2 Å². The SMILES string of the molecule is NC(=O)[C@@H](CC1CC1)NC(=O)[C@H](CO)NC(=O)OCc1ccccc1. The van der Waals surface area contributed by atoms with Crippen LogP contribution >= 0.6 is 0 Å². The third-order valence-electron chi connectivity index (χ3n) is 3.93. The van der Waals surface area contributed by atoms with Crippen LogP contribution in [0.25, 0.3) is 0 Å². The first-order valence-corrected chi connectivity index (χ1v) is 8.17. The predicted molar refractivity (Wildman–Crippen MR) is 89.1 cm³/mol. The molecule has 1 aromatic carbocycles. The molecule has 0 spiro atoms. The molecule has 5 N–H and O–H groups in total. The summed E-state index contributed by atoms with van der Waals surface area (Å²) in [6, 6.07) is 7.01. The number of rotatable bonds is 9. The average Bonchev–Trinajstić information content (AvgIpc) is 3.42. The highest BCUT2D eigenvalue weighted by atomic mass is 16.5. The molecule has 1 aliphatic carbocycles. The van der Waals surface area contributed by atoms with E-state index < -0.39 is 36.6 Å². The van der Waals surface area contributed by atoms with E-state index >= 15 is 0 Å². The average molecular weight is 349 g/mol.